The lowest BCUT2D eigenvalue weighted by atomic mass is 9.89. The van der Waals surface area contributed by atoms with Crippen molar-refractivity contribution in [3.8, 4) is 5.75 Å². The van der Waals surface area contributed by atoms with Gasteiger partial charge in [0, 0.05) is 42.0 Å². The molecule has 0 atom stereocenters. The van der Waals surface area contributed by atoms with Crippen molar-refractivity contribution in [1.29, 1.82) is 0 Å². The van der Waals surface area contributed by atoms with E-state index in [1.807, 2.05) is 28.9 Å². The van der Waals surface area contributed by atoms with Gasteiger partial charge < -0.3 is 14.5 Å². The number of piperidine rings is 1. The van der Waals surface area contributed by atoms with Gasteiger partial charge in [0.2, 0.25) is 0 Å². The number of aryl methyl sites for hydroxylation is 1. The Kier molecular flexibility index (Phi) is 7.02. The maximum Gasteiger partial charge on any atom is 0.260 e. The monoisotopic (exact) mass is 459 g/mol. The number of benzene rings is 1. The molecule has 3 heterocycles. The van der Waals surface area contributed by atoms with E-state index in [1.165, 1.54) is 0 Å². The van der Waals surface area contributed by atoms with Crippen LogP contribution in [-0.2, 0) is 4.79 Å². The van der Waals surface area contributed by atoms with Gasteiger partial charge in [-0.15, -0.1) is 11.8 Å². The number of aromatic nitrogens is 1. The average Bonchev–Trinajstić information content (AvgIpc) is 3.32. The molecule has 0 N–H and O–H groups in total. The van der Waals surface area contributed by atoms with Crippen LogP contribution < -0.4 is 4.74 Å². The highest BCUT2D eigenvalue weighted by atomic mass is 35.5. The Morgan fingerprint density at radius 1 is 1.16 bits per heavy atom. The fraction of sp³-hybridized carbons (Fsp3) is 0.435. The second-order valence-corrected chi connectivity index (χ2v) is 9.40. The topological polar surface area (TPSA) is 62.7 Å². The number of hydrogen-bond acceptors (Lipinski definition) is 5. The van der Waals surface area contributed by atoms with E-state index in [2.05, 4.69) is 0 Å². The van der Waals surface area contributed by atoms with E-state index < -0.39 is 0 Å². The number of likely N-dealkylation sites (tertiary alicyclic amines) is 1. The van der Waals surface area contributed by atoms with E-state index in [-0.39, 0.29) is 24.3 Å². The summed E-state index contributed by atoms with van der Waals surface area (Å²) in [5.41, 5.74) is 2.50. The Balaban J connectivity index is 1.37. The predicted molar refractivity (Wildman–Crippen MR) is 123 cm³/mol. The molecule has 4 rings (SSSR count). The molecule has 2 aliphatic heterocycles. The van der Waals surface area contributed by atoms with Crippen LogP contribution in [0.3, 0.4) is 0 Å². The summed E-state index contributed by atoms with van der Waals surface area (Å²) >= 11 is 7.74. The smallest absolute Gasteiger partial charge is 0.260 e. The Labute approximate surface area is 191 Å². The number of amides is 2. The molecule has 0 saturated carbocycles. The SMILES string of the molecule is Cc1ccc(C(=O)N2CCSC2)c(C2CCN(C(=O)COc3cccc(Cl)c3)CC2)n1. The number of thioether (sulfide) groups is 1. The van der Waals surface area contributed by atoms with E-state index in [9.17, 15) is 9.59 Å². The van der Waals surface area contributed by atoms with E-state index >= 15 is 0 Å². The van der Waals surface area contributed by atoms with Crippen LogP contribution in [0.4, 0.5) is 0 Å². The Bertz CT molecular complexity index is 957. The zero-order valence-electron chi connectivity index (χ0n) is 17.6. The van der Waals surface area contributed by atoms with Crippen molar-refractivity contribution in [1.82, 2.24) is 14.8 Å². The van der Waals surface area contributed by atoms with E-state index in [4.69, 9.17) is 21.3 Å². The van der Waals surface area contributed by atoms with Gasteiger partial charge in [0.1, 0.15) is 5.75 Å². The number of ether oxygens (including phenoxy) is 1. The molecule has 31 heavy (non-hydrogen) atoms. The molecule has 0 aliphatic carbocycles. The molecule has 0 bridgehead atoms. The zero-order valence-corrected chi connectivity index (χ0v) is 19.1. The zero-order chi connectivity index (χ0) is 21.8. The van der Waals surface area contributed by atoms with E-state index in [0.717, 1.165) is 42.4 Å². The van der Waals surface area contributed by atoms with Crippen LogP contribution in [0.25, 0.3) is 0 Å². The molecule has 0 radical (unpaired) electrons. The second kappa shape index (κ2) is 9.92. The van der Waals surface area contributed by atoms with Crippen LogP contribution in [0.1, 0.15) is 40.5 Å². The molecule has 1 aromatic carbocycles. The molecule has 2 saturated heterocycles. The lowest BCUT2D eigenvalue weighted by molar-refractivity contribution is -0.134. The summed E-state index contributed by atoms with van der Waals surface area (Å²) in [6, 6.07) is 10.9. The number of halogens is 1. The van der Waals surface area contributed by atoms with Crippen LogP contribution in [0, 0.1) is 6.92 Å². The second-order valence-electron chi connectivity index (χ2n) is 7.89. The van der Waals surface area contributed by atoms with Gasteiger partial charge in [-0.05, 0) is 50.1 Å². The van der Waals surface area contributed by atoms with Crippen molar-refractivity contribution in [3.05, 3.63) is 58.4 Å². The minimum atomic E-state index is -0.0407. The number of pyridine rings is 1. The van der Waals surface area contributed by atoms with Crippen molar-refractivity contribution in [2.45, 2.75) is 25.7 Å². The Hall–Kier alpha value is -2.25. The van der Waals surface area contributed by atoms with Crippen LogP contribution >= 0.6 is 23.4 Å². The third kappa shape index (κ3) is 5.33. The third-order valence-electron chi connectivity index (χ3n) is 5.73. The highest BCUT2D eigenvalue weighted by Crippen LogP contribution is 2.31. The lowest BCUT2D eigenvalue weighted by Crippen LogP contribution is -2.41. The summed E-state index contributed by atoms with van der Waals surface area (Å²) < 4.78 is 5.60. The predicted octanol–water partition coefficient (Wildman–Crippen LogP) is 3.97. The number of nitrogens with zero attached hydrogens (tertiary/aromatic N) is 3. The van der Waals surface area contributed by atoms with E-state index in [1.54, 1.807) is 36.0 Å². The van der Waals surface area contributed by atoms with Gasteiger partial charge in [0.25, 0.3) is 11.8 Å². The van der Waals surface area contributed by atoms with Crippen LogP contribution in [0.2, 0.25) is 5.02 Å². The highest BCUT2D eigenvalue weighted by molar-refractivity contribution is 7.99. The normalized spacial score (nSPS) is 17.1. The fourth-order valence-electron chi connectivity index (χ4n) is 4.01. The van der Waals surface area contributed by atoms with Crippen molar-refractivity contribution >= 4 is 35.2 Å². The maximum atomic E-state index is 13.0. The first-order valence-corrected chi connectivity index (χ1v) is 12.1. The minimum Gasteiger partial charge on any atom is -0.484 e. The summed E-state index contributed by atoms with van der Waals surface area (Å²) in [6.07, 6.45) is 1.57. The van der Waals surface area contributed by atoms with Gasteiger partial charge in [-0.3, -0.25) is 14.6 Å². The average molecular weight is 460 g/mol. The first-order chi connectivity index (χ1) is 15.0. The third-order valence-corrected chi connectivity index (χ3v) is 6.93. The number of carbonyl (C=O) groups excluding carboxylic acids is 2. The molecule has 2 aromatic rings. The molecule has 2 fully saturated rings. The largest absolute Gasteiger partial charge is 0.484 e. The molecule has 2 amide bonds. The van der Waals surface area contributed by atoms with Crippen LogP contribution in [0.15, 0.2) is 36.4 Å². The quantitative estimate of drug-likeness (QED) is 0.676. The van der Waals surface area contributed by atoms with Crippen molar-refractivity contribution in [2.75, 3.05) is 37.9 Å². The molecule has 0 spiro atoms. The number of hydrogen-bond donors (Lipinski definition) is 0. The standard InChI is InChI=1S/C23H26ClN3O3S/c1-16-5-6-20(23(29)27-11-12-31-15-27)22(25-16)17-7-9-26(10-8-17)21(28)14-30-19-4-2-3-18(24)13-19/h2-6,13,17H,7-12,14-15H2,1H3. The van der Waals surface area contributed by atoms with Gasteiger partial charge >= 0.3 is 0 Å². The molecule has 164 valence electrons. The molecule has 6 nitrogen and oxygen atoms in total. The summed E-state index contributed by atoms with van der Waals surface area (Å²) in [6.45, 7) is 3.99. The summed E-state index contributed by atoms with van der Waals surface area (Å²) in [7, 11) is 0. The summed E-state index contributed by atoms with van der Waals surface area (Å²) in [5, 5.41) is 0.578. The van der Waals surface area contributed by atoms with Crippen LogP contribution in [0.5, 0.6) is 5.75 Å². The summed E-state index contributed by atoms with van der Waals surface area (Å²) in [5.74, 6) is 2.51. The molecular formula is C23H26ClN3O3S. The molecular weight excluding hydrogens is 434 g/mol. The van der Waals surface area contributed by atoms with Crippen molar-refractivity contribution in [2.24, 2.45) is 0 Å². The van der Waals surface area contributed by atoms with Crippen LogP contribution in [-0.4, -0.2) is 64.5 Å². The first kappa shape index (κ1) is 22.0. The van der Waals surface area contributed by atoms with E-state index in [0.29, 0.717) is 29.4 Å². The van der Waals surface area contributed by atoms with Crippen molar-refractivity contribution in [3.63, 3.8) is 0 Å². The van der Waals surface area contributed by atoms with Gasteiger partial charge in [0.15, 0.2) is 6.61 Å². The van der Waals surface area contributed by atoms with Gasteiger partial charge in [-0.2, -0.15) is 0 Å². The number of carbonyl (C=O) groups is 2. The van der Waals surface area contributed by atoms with Gasteiger partial charge in [0.05, 0.1) is 17.1 Å². The Morgan fingerprint density at radius 3 is 2.68 bits per heavy atom. The minimum absolute atomic E-state index is 0.00985. The van der Waals surface area contributed by atoms with Crippen molar-refractivity contribution < 1.29 is 14.3 Å². The molecule has 0 unspecified atom stereocenters. The highest BCUT2D eigenvalue weighted by Gasteiger charge is 2.30. The van der Waals surface area contributed by atoms with Gasteiger partial charge in [-0.25, -0.2) is 0 Å². The van der Waals surface area contributed by atoms with Gasteiger partial charge in [-0.1, -0.05) is 17.7 Å². The fourth-order valence-corrected chi connectivity index (χ4v) is 5.13. The molecule has 2 aliphatic rings. The lowest BCUT2D eigenvalue weighted by Gasteiger charge is -2.32. The molecule has 1 aromatic heterocycles. The Morgan fingerprint density at radius 2 is 1.97 bits per heavy atom. The number of rotatable bonds is 5. The maximum absolute atomic E-state index is 13.0. The summed E-state index contributed by atoms with van der Waals surface area (Å²) in [4.78, 5) is 34.1. The molecule has 8 heteroatoms. The first-order valence-electron chi connectivity index (χ1n) is 10.5.